The SMILES string of the molecule is COC(=O)c1ccc(C2C(C(N)=O)C(=O)NC(O)(c3ccccc3)C2C#N)cc1. The van der Waals surface area contributed by atoms with Crippen LogP contribution in [0.5, 0.6) is 0 Å². The molecule has 1 fully saturated rings. The lowest BCUT2D eigenvalue weighted by Gasteiger charge is -2.44. The Morgan fingerprint density at radius 1 is 1.17 bits per heavy atom. The Labute approximate surface area is 166 Å². The van der Waals surface area contributed by atoms with Gasteiger partial charge >= 0.3 is 5.97 Å². The summed E-state index contributed by atoms with van der Waals surface area (Å²) in [5, 5.41) is 23.6. The number of rotatable bonds is 4. The van der Waals surface area contributed by atoms with Crippen LogP contribution in [0.15, 0.2) is 54.6 Å². The van der Waals surface area contributed by atoms with Crippen LogP contribution in [-0.4, -0.2) is 30.0 Å². The van der Waals surface area contributed by atoms with Crippen LogP contribution in [0.3, 0.4) is 0 Å². The van der Waals surface area contributed by atoms with Crippen LogP contribution >= 0.6 is 0 Å². The highest BCUT2D eigenvalue weighted by Gasteiger charge is 2.55. The van der Waals surface area contributed by atoms with Crippen molar-refractivity contribution in [3.8, 4) is 6.07 Å². The van der Waals surface area contributed by atoms with Crippen LogP contribution in [0.2, 0.25) is 0 Å². The molecule has 2 aromatic rings. The molecular weight excluding hydrogens is 374 g/mol. The van der Waals surface area contributed by atoms with Gasteiger partial charge in [0, 0.05) is 11.5 Å². The number of esters is 1. The zero-order valence-corrected chi connectivity index (χ0v) is 15.5. The van der Waals surface area contributed by atoms with Crippen molar-refractivity contribution in [3.05, 3.63) is 71.3 Å². The van der Waals surface area contributed by atoms with Gasteiger partial charge in [0.25, 0.3) is 0 Å². The number of methoxy groups -OCH3 is 1. The van der Waals surface area contributed by atoms with Crippen LogP contribution in [0.4, 0.5) is 0 Å². The largest absolute Gasteiger partial charge is 0.465 e. The first-order valence-corrected chi connectivity index (χ1v) is 8.80. The minimum Gasteiger partial charge on any atom is -0.465 e. The van der Waals surface area contributed by atoms with Gasteiger partial charge in [-0.05, 0) is 17.7 Å². The number of nitrogens with one attached hydrogen (secondary N) is 1. The van der Waals surface area contributed by atoms with Crippen molar-refractivity contribution < 1.29 is 24.2 Å². The summed E-state index contributed by atoms with van der Waals surface area (Å²) >= 11 is 0. The van der Waals surface area contributed by atoms with Gasteiger partial charge in [0.15, 0.2) is 5.72 Å². The number of amides is 2. The molecule has 2 amide bonds. The number of piperidine rings is 1. The topological polar surface area (TPSA) is 143 Å². The number of primary amides is 1. The maximum Gasteiger partial charge on any atom is 0.337 e. The van der Waals surface area contributed by atoms with E-state index in [9.17, 15) is 24.8 Å². The van der Waals surface area contributed by atoms with Gasteiger partial charge in [0.05, 0.1) is 18.7 Å². The van der Waals surface area contributed by atoms with Crippen molar-refractivity contribution in [1.82, 2.24) is 5.32 Å². The highest BCUT2D eigenvalue weighted by atomic mass is 16.5. The Hall–Kier alpha value is -3.70. The van der Waals surface area contributed by atoms with Gasteiger partial charge in [0.2, 0.25) is 11.8 Å². The van der Waals surface area contributed by atoms with Crippen molar-refractivity contribution >= 4 is 17.8 Å². The van der Waals surface area contributed by atoms with Crippen molar-refractivity contribution in [2.45, 2.75) is 11.6 Å². The van der Waals surface area contributed by atoms with Crippen LogP contribution < -0.4 is 11.1 Å². The number of nitriles is 1. The standard InChI is InChI=1S/C21H19N3O5/c1-29-20(27)13-9-7-12(8-10-13)16-15(11-22)21(28,14-5-3-2-4-6-14)24-19(26)17(16)18(23)25/h2-10,15-17,28H,1H3,(H2,23,25)(H,24,26). The highest BCUT2D eigenvalue weighted by molar-refractivity contribution is 6.02. The fourth-order valence-electron chi connectivity index (χ4n) is 3.73. The number of hydrogen-bond donors (Lipinski definition) is 3. The highest BCUT2D eigenvalue weighted by Crippen LogP contribution is 2.45. The Morgan fingerprint density at radius 3 is 2.31 bits per heavy atom. The van der Waals surface area contributed by atoms with Gasteiger partial charge in [0.1, 0.15) is 11.8 Å². The Bertz CT molecular complexity index is 984. The lowest BCUT2D eigenvalue weighted by molar-refractivity contribution is -0.153. The molecule has 1 saturated heterocycles. The van der Waals surface area contributed by atoms with Crippen molar-refractivity contribution in [3.63, 3.8) is 0 Å². The summed E-state index contributed by atoms with van der Waals surface area (Å²) in [5.74, 6) is -5.86. The summed E-state index contributed by atoms with van der Waals surface area (Å²) in [6.07, 6.45) is 0. The smallest absolute Gasteiger partial charge is 0.337 e. The van der Waals surface area contributed by atoms with E-state index in [0.717, 1.165) is 0 Å². The molecule has 1 aliphatic heterocycles. The second-order valence-electron chi connectivity index (χ2n) is 6.75. The molecule has 0 radical (unpaired) electrons. The second kappa shape index (κ2) is 7.73. The van der Waals surface area contributed by atoms with Gasteiger partial charge in [-0.25, -0.2) is 4.79 Å². The van der Waals surface area contributed by atoms with Crippen molar-refractivity contribution in [1.29, 1.82) is 5.26 Å². The molecule has 4 atom stereocenters. The Balaban J connectivity index is 2.14. The maximum absolute atomic E-state index is 12.7. The first-order chi connectivity index (χ1) is 13.8. The molecule has 1 heterocycles. The zero-order valence-electron chi connectivity index (χ0n) is 15.5. The molecule has 0 bridgehead atoms. The van der Waals surface area contributed by atoms with E-state index in [0.29, 0.717) is 11.1 Å². The molecule has 8 heteroatoms. The predicted octanol–water partition coefficient (Wildman–Crippen LogP) is 0.773. The van der Waals surface area contributed by atoms with E-state index in [1.54, 1.807) is 30.3 Å². The average molecular weight is 393 g/mol. The number of carbonyl (C=O) groups is 3. The molecule has 4 N–H and O–H groups in total. The number of aliphatic hydroxyl groups is 1. The number of carbonyl (C=O) groups excluding carboxylic acids is 3. The fraction of sp³-hybridized carbons (Fsp3) is 0.238. The molecule has 8 nitrogen and oxygen atoms in total. The molecule has 3 rings (SSSR count). The zero-order chi connectivity index (χ0) is 21.2. The lowest BCUT2D eigenvalue weighted by Crippen LogP contribution is -2.62. The van der Waals surface area contributed by atoms with Crippen LogP contribution in [0.25, 0.3) is 0 Å². The van der Waals surface area contributed by atoms with Gasteiger partial charge in [-0.2, -0.15) is 5.26 Å². The Kier molecular flexibility index (Phi) is 5.35. The van der Waals surface area contributed by atoms with E-state index in [1.165, 1.54) is 31.4 Å². The molecule has 2 aromatic carbocycles. The lowest BCUT2D eigenvalue weighted by atomic mass is 9.67. The fourth-order valence-corrected chi connectivity index (χ4v) is 3.73. The quantitative estimate of drug-likeness (QED) is 0.517. The van der Waals surface area contributed by atoms with Gasteiger partial charge in [-0.3, -0.25) is 9.59 Å². The van der Waals surface area contributed by atoms with Crippen LogP contribution in [0, 0.1) is 23.2 Å². The first-order valence-electron chi connectivity index (χ1n) is 8.80. The van der Waals surface area contributed by atoms with Gasteiger partial charge in [-0.15, -0.1) is 0 Å². The number of hydrogen-bond acceptors (Lipinski definition) is 6. The molecule has 0 spiro atoms. The summed E-state index contributed by atoms with van der Waals surface area (Å²) < 4.78 is 4.66. The third-order valence-electron chi connectivity index (χ3n) is 5.14. The van der Waals surface area contributed by atoms with Crippen LogP contribution in [0.1, 0.15) is 27.4 Å². The normalized spacial score (nSPS) is 26.1. The average Bonchev–Trinajstić information content (AvgIpc) is 2.73. The van der Waals surface area contributed by atoms with E-state index < -0.39 is 41.3 Å². The molecule has 0 aromatic heterocycles. The Morgan fingerprint density at radius 2 is 1.79 bits per heavy atom. The van der Waals surface area contributed by atoms with Crippen molar-refractivity contribution in [2.24, 2.45) is 17.6 Å². The summed E-state index contributed by atoms with van der Waals surface area (Å²) in [4.78, 5) is 36.5. The predicted molar refractivity (Wildman–Crippen MR) is 101 cm³/mol. The third kappa shape index (κ3) is 3.44. The molecule has 148 valence electrons. The van der Waals surface area contributed by atoms with Gasteiger partial charge in [-0.1, -0.05) is 42.5 Å². The number of benzene rings is 2. The van der Waals surface area contributed by atoms with E-state index in [-0.39, 0.29) is 5.56 Å². The first kappa shape index (κ1) is 20.0. The molecule has 29 heavy (non-hydrogen) atoms. The molecule has 4 unspecified atom stereocenters. The minimum absolute atomic E-state index is 0.263. The van der Waals surface area contributed by atoms with Gasteiger partial charge < -0.3 is 20.9 Å². The van der Waals surface area contributed by atoms with E-state index in [2.05, 4.69) is 10.1 Å². The number of ether oxygens (including phenoxy) is 1. The van der Waals surface area contributed by atoms with Crippen LogP contribution in [-0.2, 0) is 20.1 Å². The minimum atomic E-state index is -2.02. The summed E-state index contributed by atoms with van der Waals surface area (Å²) in [6, 6.07) is 16.2. The summed E-state index contributed by atoms with van der Waals surface area (Å²) in [6.45, 7) is 0. The molecule has 0 aliphatic carbocycles. The van der Waals surface area contributed by atoms with E-state index in [4.69, 9.17) is 5.73 Å². The monoisotopic (exact) mass is 393 g/mol. The summed E-state index contributed by atoms with van der Waals surface area (Å²) in [5.41, 5.74) is 4.42. The number of nitrogens with two attached hydrogens (primary N) is 1. The maximum atomic E-state index is 12.7. The molecule has 1 aliphatic rings. The summed E-state index contributed by atoms with van der Waals surface area (Å²) in [7, 11) is 1.25. The van der Waals surface area contributed by atoms with E-state index >= 15 is 0 Å². The third-order valence-corrected chi connectivity index (χ3v) is 5.14. The van der Waals surface area contributed by atoms with E-state index in [1.807, 2.05) is 6.07 Å². The molecule has 0 saturated carbocycles. The second-order valence-corrected chi connectivity index (χ2v) is 6.75. The van der Waals surface area contributed by atoms with Crippen molar-refractivity contribution in [2.75, 3.05) is 7.11 Å². The number of nitrogens with zero attached hydrogens (tertiary/aromatic N) is 1. The molecular formula is C21H19N3O5.